The van der Waals surface area contributed by atoms with Crippen molar-refractivity contribution in [2.75, 3.05) is 12.3 Å². The predicted molar refractivity (Wildman–Crippen MR) is 96.3 cm³/mol. The molecule has 2 aromatic rings. The van der Waals surface area contributed by atoms with Gasteiger partial charge in [0.1, 0.15) is 24.1 Å². The van der Waals surface area contributed by atoms with Crippen molar-refractivity contribution in [3.8, 4) is 0 Å². The Balaban J connectivity index is 1.88. The first-order chi connectivity index (χ1) is 13.6. The van der Waals surface area contributed by atoms with E-state index in [9.17, 15) is 28.2 Å². The second-order valence-electron chi connectivity index (χ2n) is 6.45. The van der Waals surface area contributed by atoms with Crippen molar-refractivity contribution in [2.24, 2.45) is 0 Å². The van der Waals surface area contributed by atoms with Crippen LogP contribution in [0.2, 0.25) is 0 Å². The first-order valence-corrected chi connectivity index (χ1v) is 8.48. The quantitative estimate of drug-likeness (QED) is 0.578. The third-order valence-corrected chi connectivity index (χ3v) is 4.50. The molecule has 3 rings (SSSR count). The van der Waals surface area contributed by atoms with Crippen molar-refractivity contribution in [3.05, 3.63) is 57.6 Å². The molecule has 0 amide bonds. The second-order valence-corrected chi connectivity index (χ2v) is 6.45. The highest BCUT2D eigenvalue weighted by Gasteiger charge is 2.43. The Labute approximate surface area is 162 Å². The Morgan fingerprint density at radius 2 is 1.83 bits per heavy atom. The number of hydrogen-bond donors (Lipinski definition) is 4. The molecule has 1 saturated heterocycles. The van der Waals surface area contributed by atoms with Gasteiger partial charge >= 0.3 is 11.9 Å². The number of aromatic nitrogens is 2. The van der Waals surface area contributed by atoms with Crippen molar-refractivity contribution in [1.29, 1.82) is 0 Å². The van der Waals surface area contributed by atoms with Gasteiger partial charge in [-0.1, -0.05) is 18.2 Å². The number of benzene rings is 1. The summed E-state index contributed by atoms with van der Waals surface area (Å²) in [6, 6.07) is 4.40. The molecule has 0 aliphatic carbocycles. The van der Waals surface area contributed by atoms with Crippen LogP contribution >= 0.6 is 0 Å². The van der Waals surface area contributed by atoms with Gasteiger partial charge in [-0.2, -0.15) is 18.2 Å². The Hall–Kier alpha value is -2.73. The summed E-state index contributed by atoms with van der Waals surface area (Å²) in [5.41, 5.74) is 4.79. The summed E-state index contributed by atoms with van der Waals surface area (Å²) in [5, 5.41) is 29.1. The van der Waals surface area contributed by atoms with E-state index in [2.05, 4.69) is 4.98 Å². The van der Waals surface area contributed by atoms with Crippen molar-refractivity contribution in [1.82, 2.24) is 9.55 Å². The number of aliphatic hydroxyl groups is 3. The van der Waals surface area contributed by atoms with E-state index in [-0.39, 0.29) is 11.4 Å². The lowest BCUT2D eigenvalue weighted by molar-refractivity contribution is -0.137. The highest BCUT2D eigenvalue weighted by Crippen LogP contribution is 2.30. The zero-order valence-corrected chi connectivity index (χ0v) is 14.8. The lowest BCUT2D eigenvalue weighted by Crippen LogP contribution is -2.36. The summed E-state index contributed by atoms with van der Waals surface area (Å²) in [6.45, 7) is -0.563. The van der Waals surface area contributed by atoms with E-state index < -0.39 is 48.6 Å². The Morgan fingerprint density at radius 1 is 1.17 bits per heavy atom. The van der Waals surface area contributed by atoms with Gasteiger partial charge in [-0.05, 0) is 23.8 Å². The van der Waals surface area contributed by atoms with Crippen LogP contribution in [0.5, 0.6) is 0 Å². The first kappa shape index (κ1) is 21.0. The average molecular weight is 413 g/mol. The van der Waals surface area contributed by atoms with E-state index in [0.29, 0.717) is 5.56 Å². The third kappa shape index (κ3) is 4.32. The largest absolute Gasteiger partial charge is 0.416 e. The summed E-state index contributed by atoms with van der Waals surface area (Å²) in [5.74, 6) is -0.138. The molecule has 5 N–H and O–H groups in total. The number of nitrogens with two attached hydrogens (primary N) is 1. The van der Waals surface area contributed by atoms with E-state index in [1.54, 1.807) is 0 Å². The van der Waals surface area contributed by atoms with Crippen LogP contribution < -0.4 is 11.4 Å². The minimum absolute atomic E-state index is 0.138. The smallest absolute Gasteiger partial charge is 0.394 e. The van der Waals surface area contributed by atoms with Gasteiger partial charge in [0.2, 0.25) is 0 Å². The van der Waals surface area contributed by atoms with Crippen LogP contribution in [0.15, 0.2) is 35.3 Å². The molecule has 156 valence electrons. The molecule has 1 fully saturated rings. The molecule has 1 aliphatic rings. The molecule has 0 unspecified atom stereocenters. The molecule has 0 radical (unpaired) electrons. The van der Waals surface area contributed by atoms with Gasteiger partial charge < -0.3 is 25.8 Å². The van der Waals surface area contributed by atoms with Crippen LogP contribution in [0.1, 0.15) is 22.9 Å². The van der Waals surface area contributed by atoms with Crippen LogP contribution in [-0.2, 0) is 10.9 Å². The van der Waals surface area contributed by atoms with E-state index in [1.165, 1.54) is 30.5 Å². The van der Waals surface area contributed by atoms with Gasteiger partial charge in [0.15, 0.2) is 6.23 Å². The fourth-order valence-corrected chi connectivity index (χ4v) is 2.89. The van der Waals surface area contributed by atoms with Crippen LogP contribution in [0.25, 0.3) is 12.2 Å². The monoisotopic (exact) mass is 413 g/mol. The highest BCUT2D eigenvalue weighted by molar-refractivity contribution is 5.73. The van der Waals surface area contributed by atoms with Gasteiger partial charge in [-0.15, -0.1) is 0 Å². The molecule has 1 aliphatic heterocycles. The number of rotatable bonds is 4. The van der Waals surface area contributed by atoms with E-state index in [4.69, 9.17) is 15.6 Å². The number of nitrogens with zero attached hydrogens (tertiary/aromatic N) is 2. The Bertz CT molecular complexity index is 959. The third-order valence-electron chi connectivity index (χ3n) is 4.50. The maximum Gasteiger partial charge on any atom is 0.416 e. The number of ether oxygens (including phenoxy) is 1. The Kier molecular flexibility index (Phi) is 5.75. The summed E-state index contributed by atoms with van der Waals surface area (Å²) in [4.78, 5) is 15.8. The predicted octanol–water partition coefficient (Wildman–Crippen LogP) is 0.626. The molecule has 1 aromatic heterocycles. The van der Waals surface area contributed by atoms with E-state index in [0.717, 1.165) is 16.7 Å². The van der Waals surface area contributed by atoms with Gasteiger partial charge in [-0.3, -0.25) is 4.57 Å². The average Bonchev–Trinajstić information content (AvgIpc) is 2.95. The maximum atomic E-state index is 12.6. The van der Waals surface area contributed by atoms with Crippen LogP contribution in [-0.4, -0.2) is 49.8 Å². The molecular formula is C18H18F3N3O5. The molecule has 0 bridgehead atoms. The second kappa shape index (κ2) is 7.95. The summed E-state index contributed by atoms with van der Waals surface area (Å²) in [6.07, 6.45) is -5.55. The molecule has 0 saturated carbocycles. The normalized spacial score (nSPS) is 25.0. The maximum absolute atomic E-state index is 12.6. The number of alkyl halides is 3. The number of halogens is 3. The first-order valence-electron chi connectivity index (χ1n) is 8.48. The Morgan fingerprint density at radius 3 is 2.38 bits per heavy atom. The topological polar surface area (TPSA) is 131 Å². The van der Waals surface area contributed by atoms with E-state index >= 15 is 0 Å². The zero-order chi connectivity index (χ0) is 21.3. The summed E-state index contributed by atoms with van der Waals surface area (Å²) < 4.78 is 44.1. The van der Waals surface area contributed by atoms with Crippen molar-refractivity contribution < 1.29 is 33.2 Å². The molecule has 1 aromatic carbocycles. The van der Waals surface area contributed by atoms with Crippen LogP contribution in [0, 0.1) is 0 Å². The molecular weight excluding hydrogens is 395 g/mol. The number of nitrogen functional groups attached to an aromatic ring is 1. The molecule has 4 atom stereocenters. The number of hydrogen-bond acceptors (Lipinski definition) is 7. The minimum Gasteiger partial charge on any atom is -0.394 e. The van der Waals surface area contributed by atoms with Gasteiger partial charge in [0.05, 0.1) is 12.2 Å². The van der Waals surface area contributed by atoms with Gasteiger partial charge in [-0.25, -0.2) is 4.79 Å². The van der Waals surface area contributed by atoms with Crippen LogP contribution in [0.3, 0.4) is 0 Å². The van der Waals surface area contributed by atoms with Gasteiger partial charge in [0, 0.05) is 11.8 Å². The van der Waals surface area contributed by atoms with Crippen molar-refractivity contribution >= 4 is 18.0 Å². The van der Waals surface area contributed by atoms with Gasteiger partial charge in [0.25, 0.3) is 0 Å². The molecule has 0 spiro atoms. The van der Waals surface area contributed by atoms with Crippen molar-refractivity contribution in [3.63, 3.8) is 0 Å². The SMILES string of the molecule is Nc1nc(=O)n([C@@H]2O[C@H](CO)[C@@H](O)[C@H]2O)cc1/C=C/c1ccc(C(F)(F)F)cc1. The number of aliphatic hydroxyl groups excluding tert-OH is 3. The highest BCUT2D eigenvalue weighted by atomic mass is 19.4. The molecule has 2 heterocycles. The summed E-state index contributed by atoms with van der Waals surface area (Å²) >= 11 is 0. The standard InChI is InChI=1S/C18H18F3N3O5/c19-18(20,21)11-5-2-9(3-6-11)1-4-10-7-24(17(28)23-15(10)22)16-14(27)13(26)12(8-25)29-16/h1-7,12-14,16,25-27H,8H2,(H2,22,23,28)/b4-1+/t12-,13-,14-,16-/m1/s1. The lowest BCUT2D eigenvalue weighted by Gasteiger charge is -2.18. The van der Waals surface area contributed by atoms with Crippen LogP contribution in [0.4, 0.5) is 19.0 Å². The molecule has 8 nitrogen and oxygen atoms in total. The minimum atomic E-state index is -4.44. The zero-order valence-electron chi connectivity index (χ0n) is 14.8. The summed E-state index contributed by atoms with van der Waals surface area (Å²) in [7, 11) is 0. The molecule has 29 heavy (non-hydrogen) atoms. The molecule has 11 heteroatoms. The fourth-order valence-electron chi connectivity index (χ4n) is 2.89. The fraction of sp³-hybridized carbons (Fsp3) is 0.333. The van der Waals surface area contributed by atoms with E-state index in [1.807, 2.05) is 0 Å². The van der Waals surface area contributed by atoms with Crippen molar-refractivity contribution in [2.45, 2.75) is 30.7 Å². The number of anilines is 1. The lowest BCUT2D eigenvalue weighted by atomic mass is 10.1.